The molecule has 11 heavy (non-hydrogen) atoms. The lowest BCUT2D eigenvalue weighted by Gasteiger charge is -1.76. The molecule has 0 fully saturated rings. The maximum absolute atomic E-state index is 8.00. The van der Waals surface area contributed by atoms with E-state index in [2.05, 4.69) is 6.92 Å². The minimum absolute atomic E-state index is 1.07. The lowest BCUT2D eigenvalue weighted by atomic mass is 10.3. The lowest BCUT2D eigenvalue weighted by Crippen LogP contribution is -1.66. The highest BCUT2D eigenvalue weighted by Crippen LogP contribution is 1.98. The maximum Gasteiger partial charge on any atom is 0.106 e. The van der Waals surface area contributed by atoms with Crippen LogP contribution in [0.4, 0.5) is 0 Å². The van der Waals surface area contributed by atoms with Crippen LogP contribution in [-0.2, 0) is 11.2 Å². The zero-order valence-electron chi connectivity index (χ0n) is 7.46. The van der Waals surface area contributed by atoms with E-state index in [1.54, 1.807) is 12.5 Å². The molecular weight excluding hydrogens is 140 g/mol. The van der Waals surface area contributed by atoms with Crippen molar-refractivity contribution in [2.45, 2.75) is 27.2 Å². The molecule has 1 aromatic rings. The molecule has 0 bridgehead atoms. The summed E-state index contributed by atoms with van der Waals surface area (Å²) in [6.07, 6.45) is 4.52. The van der Waals surface area contributed by atoms with Gasteiger partial charge in [-0.15, -0.1) is 0 Å². The Morgan fingerprint density at radius 1 is 1.45 bits per heavy atom. The predicted octanol–water partition coefficient (Wildman–Crippen LogP) is 2.68. The van der Waals surface area contributed by atoms with E-state index in [1.165, 1.54) is 5.56 Å². The van der Waals surface area contributed by atoms with Crippen LogP contribution in [0.25, 0.3) is 0 Å². The number of aryl methyl sites for hydroxylation is 1. The van der Waals surface area contributed by atoms with E-state index in [1.807, 2.05) is 26.7 Å². The molecule has 0 spiro atoms. The van der Waals surface area contributed by atoms with Crippen molar-refractivity contribution in [3.63, 3.8) is 0 Å². The standard InChI is InChI=1S/C6H8O.C2H6.CH2O/c1-2-6-3-4-7-5-6;2*1-2/h3-5H,2H2,1H3;1-2H3;1H2. The molecular formula is C9H16O2. The third-order valence-electron chi connectivity index (χ3n) is 0.988. The molecule has 64 valence electrons. The largest absolute Gasteiger partial charge is 0.472 e. The highest BCUT2D eigenvalue weighted by molar-refractivity contribution is 5.11. The molecule has 2 heteroatoms. The van der Waals surface area contributed by atoms with Crippen molar-refractivity contribution < 1.29 is 9.21 Å². The normalized spacial score (nSPS) is 6.82. The molecule has 0 radical (unpaired) electrons. The fraction of sp³-hybridized carbons (Fsp3) is 0.444. The SMILES string of the molecule is C=O.CC.CCc1ccoc1. The van der Waals surface area contributed by atoms with Crippen LogP contribution in [0.5, 0.6) is 0 Å². The van der Waals surface area contributed by atoms with Crippen LogP contribution >= 0.6 is 0 Å². The second-order valence-electron chi connectivity index (χ2n) is 1.49. The summed E-state index contributed by atoms with van der Waals surface area (Å²) < 4.78 is 4.81. The highest BCUT2D eigenvalue weighted by Gasteiger charge is 1.83. The van der Waals surface area contributed by atoms with Gasteiger partial charge in [0.25, 0.3) is 0 Å². The van der Waals surface area contributed by atoms with Crippen molar-refractivity contribution in [2.24, 2.45) is 0 Å². The van der Waals surface area contributed by atoms with Gasteiger partial charge in [-0.3, -0.25) is 0 Å². The van der Waals surface area contributed by atoms with Crippen molar-refractivity contribution in [1.82, 2.24) is 0 Å². The Morgan fingerprint density at radius 3 is 2.18 bits per heavy atom. The van der Waals surface area contributed by atoms with Crippen LogP contribution in [0, 0.1) is 0 Å². The molecule has 0 aromatic carbocycles. The molecule has 0 aliphatic rings. The number of rotatable bonds is 1. The van der Waals surface area contributed by atoms with Gasteiger partial charge >= 0.3 is 0 Å². The third-order valence-corrected chi connectivity index (χ3v) is 0.988. The predicted molar refractivity (Wildman–Crippen MR) is 46.6 cm³/mol. The Labute approximate surface area is 68.2 Å². The topological polar surface area (TPSA) is 30.2 Å². The number of hydrogen-bond donors (Lipinski definition) is 0. The molecule has 1 aromatic heterocycles. The van der Waals surface area contributed by atoms with E-state index >= 15 is 0 Å². The molecule has 2 nitrogen and oxygen atoms in total. The van der Waals surface area contributed by atoms with Gasteiger partial charge in [0, 0.05) is 0 Å². The summed E-state index contributed by atoms with van der Waals surface area (Å²) in [7, 11) is 0. The zero-order chi connectivity index (χ0) is 9.11. The van der Waals surface area contributed by atoms with E-state index in [0.29, 0.717) is 0 Å². The minimum Gasteiger partial charge on any atom is -0.472 e. The summed E-state index contributed by atoms with van der Waals surface area (Å²) in [5.41, 5.74) is 1.26. The van der Waals surface area contributed by atoms with Crippen molar-refractivity contribution in [2.75, 3.05) is 0 Å². The summed E-state index contributed by atoms with van der Waals surface area (Å²) in [4.78, 5) is 8.00. The number of hydrogen-bond acceptors (Lipinski definition) is 2. The first-order valence-corrected chi connectivity index (χ1v) is 3.73. The van der Waals surface area contributed by atoms with Gasteiger partial charge in [-0.1, -0.05) is 20.8 Å². The summed E-state index contributed by atoms with van der Waals surface area (Å²) in [5, 5.41) is 0. The smallest absolute Gasteiger partial charge is 0.106 e. The Bertz CT molecular complexity index is 133. The molecule has 0 aliphatic carbocycles. The van der Waals surface area contributed by atoms with Gasteiger partial charge in [0.2, 0.25) is 0 Å². The summed E-state index contributed by atoms with van der Waals surface area (Å²) in [6.45, 7) is 8.10. The Balaban J connectivity index is 0. The van der Waals surface area contributed by atoms with Crippen LogP contribution in [-0.4, -0.2) is 6.79 Å². The van der Waals surface area contributed by atoms with Gasteiger partial charge in [0.1, 0.15) is 6.79 Å². The average molecular weight is 156 g/mol. The average Bonchev–Trinajstić information content (AvgIpc) is 2.63. The van der Waals surface area contributed by atoms with Gasteiger partial charge < -0.3 is 9.21 Å². The molecule has 0 amide bonds. The molecule has 1 rings (SSSR count). The molecule has 0 unspecified atom stereocenters. The Hall–Kier alpha value is -1.05. The molecule has 0 aliphatic heterocycles. The van der Waals surface area contributed by atoms with Crippen molar-refractivity contribution in [1.29, 1.82) is 0 Å². The Morgan fingerprint density at radius 2 is 2.00 bits per heavy atom. The molecule has 1 heterocycles. The fourth-order valence-electron chi connectivity index (χ4n) is 0.494. The van der Waals surface area contributed by atoms with E-state index in [-0.39, 0.29) is 0 Å². The van der Waals surface area contributed by atoms with Crippen LogP contribution in [0.1, 0.15) is 26.3 Å². The number of carbonyl (C=O) groups excluding carboxylic acids is 1. The van der Waals surface area contributed by atoms with Crippen LogP contribution in [0.2, 0.25) is 0 Å². The van der Waals surface area contributed by atoms with E-state index in [9.17, 15) is 0 Å². The van der Waals surface area contributed by atoms with Crippen molar-refractivity contribution >= 4 is 6.79 Å². The molecule has 0 atom stereocenters. The van der Waals surface area contributed by atoms with Gasteiger partial charge in [0.15, 0.2) is 0 Å². The summed E-state index contributed by atoms with van der Waals surface area (Å²) in [5.74, 6) is 0. The fourth-order valence-corrected chi connectivity index (χ4v) is 0.494. The van der Waals surface area contributed by atoms with Crippen molar-refractivity contribution in [3.05, 3.63) is 24.2 Å². The highest BCUT2D eigenvalue weighted by atomic mass is 16.3. The van der Waals surface area contributed by atoms with Gasteiger partial charge in [-0.25, -0.2) is 0 Å². The van der Waals surface area contributed by atoms with Crippen LogP contribution < -0.4 is 0 Å². The first-order chi connectivity index (χ1) is 5.43. The first-order valence-electron chi connectivity index (χ1n) is 3.73. The van der Waals surface area contributed by atoms with Gasteiger partial charge in [0.05, 0.1) is 12.5 Å². The Kier molecular flexibility index (Phi) is 13.4. The van der Waals surface area contributed by atoms with Crippen LogP contribution in [0.3, 0.4) is 0 Å². The zero-order valence-corrected chi connectivity index (χ0v) is 7.46. The van der Waals surface area contributed by atoms with E-state index in [0.717, 1.165) is 6.42 Å². The van der Waals surface area contributed by atoms with Crippen LogP contribution in [0.15, 0.2) is 23.0 Å². The summed E-state index contributed by atoms with van der Waals surface area (Å²) in [6, 6.07) is 1.97. The molecule has 0 N–H and O–H groups in total. The summed E-state index contributed by atoms with van der Waals surface area (Å²) >= 11 is 0. The maximum atomic E-state index is 8.00. The van der Waals surface area contributed by atoms with Crippen molar-refractivity contribution in [3.8, 4) is 0 Å². The molecule has 0 saturated carbocycles. The van der Waals surface area contributed by atoms with E-state index < -0.39 is 0 Å². The minimum atomic E-state index is 1.07. The van der Waals surface area contributed by atoms with Gasteiger partial charge in [-0.05, 0) is 18.1 Å². The number of carbonyl (C=O) groups is 1. The molecule has 0 saturated heterocycles. The second kappa shape index (κ2) is 11.7. The van der Waals surface area contributed by atoms with Gasteiger partial charge in [-0.2, -0.15) is 0 Å². The monoisotopic (exact) mass is 156 g/mol. The second-order valence-corrected chi connectivity index (χ2v) is 1.49. The first kappa shape index (κ1) is 12.6. The lowest BCUT2D eigenvalue weighted by molar-refractivity contribution is -0.0979. The van der Waals surface area contributed by atoms with E-state index in [4.69, 9.17) is 9.21 Å². The third kappa shape index (κ3) is 6.84. The quantitative estimate of drug-likeness (QED) is 0.625. The number of furan rings is 1.